The first-order chi connectivity index (χ1) is 7.50. The van der Waals surface area contributed by atoms with Gasteiger partial charge >= 0.3 is 5.97 Å². The predicted molar refractivity (Wildman–Crippen MR) is 57.0 cm³/mol. The van der Waals surface area contributed by atoms with Gasteiger partial charge in [-0.2, -0.15) is 0 Å². The second kappa shape index (κ2) is 5.22. The molecule has 1 unspecified atom stereocenters. The van der Waals surface area contributed by atoms with Crippen molar-refractivity contribution in [1.82, 2.24) is 0 Å². The molecule has 0 bridgehead atoms. The molecule has 0 aliphatic carbocycles. The summed E-state index contributed by atoms with van der Waals surface area (Å²) in [4.78, 5) is 20.5. The van der Waals surface area contributed by atoms with Crippen LogP contribution in [0.15, 0.2) is 24.3 Å². The number of nitrogens with zero attached hydrogens (tertiary/aromatic N) is 1. The monoisotopic (exact) mass is 224 g/mol. The standard InChI is InChI=1S/C10H12N2O4/c11-9(10(13)14)5-4-7-2-1-3-8(6-7)12(15)16/h1-3,6,9H,4-5,11H2,(H,13,14). The zero-order valence-corrected chi connectivity index (χ0v) is 8.50. The number of nitro groups is 1. The number of nitrogens with two attached hydrogens (primary N) is 1. The topological polar surface area (TPSA) is 106 Å². The van der Waals surface area contributed by atoms with Gasteiger partial charge in [-0.25, -0.2) is 0 Å². The van der Waals surface area contributed by atoms with E-state index < -0.39 is 16.9 Å². The Morgan fingerprint density at radius 3 is 2.81 bits per heavy atom. The van der Waals surface area contributed by atoms with E-state index in [0.29, 0.717) is 12.0 Å². The average Bonchev–Trinajstić information content (AvgIpc) is 2.26. The fourth-order valence-electron chi connectivity index (χ4n) is 1.27. The van der Waals surface area contributed by atoms with Crippen molar-refractivity contribution >= 4 is 11.7 Å². The molecule has 16 heavy (non-hydrogen) atoms. The zero-order chi connectivity index (χ0) is 12.1. The largest absolute Gasteiger partial charge is 0.480 e. The number of carboxylic acid groups (broad SMARTS) is 1. The Kier molecular flexibility index (Phi) is 3.96. The quantitative estimate of drug-likeness (QED) is 0.571. The first-order valence-corrected chi connectivity index (χ1v) is 4.72. The molecule has 1 aromatic rings. The maximum absolute atomic E-state index is 10.5. The fraction of sp³-hybridized carbons (Fsp3) is 0.300. The molecule has 0 amide bonds. The van der Waals surface area contributed by atoms with Crippen molar-refractivity contribution in [3.05, 3.63) is 39.9 Å². The second-order valence-corrected chi connectivity index (χ2v) is 3.41. The van der Waals surface area contributed by atoms with E-state index in [4.69, 9.17) is 10.8 Å². The number of nitro benzene ring substituents is 1. The molecule has 1 rings (SSSR count). The van der Waals surface area contributed by atoms with Crippen LogP contribution < -0.4 is 5.73 Å². The van der Waals surface area contributed by atoms with E-state index in [2.05, 4.69) is 0 Å². The summed E-state index contributed by atoms with van der Waals surface area (Å²) in [5.41, 5.74) is 6.04. The Balaban J connectivity index is 2.64. The molecular formula is C10H12N2O4. The maximum atomic E-state index is 10.5. The van der Waals surface area contributed by atoms with Gasteiger partial charge in [-0.05, 0) is 18.4 Å². The van der Waals surface area contributed by atoms with E-state index in [0.717, 1.165) is 0 Å². The summed E-state index contributed by atoms with van der Waals surface area (Å²) in [6, 6.07) is 5.16. The molecule has 86 valence electrons. The molecule has 3 N–H and O–H groups in total. The first-order valence-electron chi connectivity index (χ1n) is 4.72. The minimum atomic E-state index is -1.06. The Morgan fingerprint density at radius 1 is 1.56 bits per heavy atom. The van der Waals surface area contributed by atoms with E-state index >= 15 is 0 Å². The van der Waals surface area contributed by atoms with Crippen LogP contribution in [0.1, 0.15) is 12.0 Å². The average molecular weight is 224 g/mol. The molecule has 0 saturated heterocycles. The summed E-state index contributed by atoms with van der Waals surface area (Å²) < 4.78 is 0. The predicted octanol–water partition coefficient (Wildman–Crippen LogP) is 0.939. The van der Waals surface area contributed by atoms with Crippen LogP contribution in [0.5, 0.6) is 0 Å². The molecule has 1 aromatic carbocycles. The van der Waals surface area contributed by atoms with Crippen molar-refractivity contribution in [2.75, 3.05) is 0 Å². The number of aliphatic carboxylic acids is 1. The van der Waals surface area contributed by atoms with Crippen LogP contribution >= 0.6 is 0 Å². The van der Waals surface area contributed by atoms with Crippen LogP contribution in [0.2, 0.25) is 0 Å². The van der Waals surface area contributed by atoms with Crippen LogP contribution in [-0.2, 0) is 11.2 Å². The highest BCUT2D eigenvalue weighted by molar-refractivity contribution is 5.73. The lowest BCUT2D eigenvalue weighted by atomic mass is 10.1. The first kappa shape index (κ1) is 12.1. The van der Waals surface area contributed by atoms with Crippen molar-refractivity contribution in [1.29, 1.82) is 0 Å². The third-order valence-electron chi connectivity index (χ3n) is 2.18. The zero-order valence-electron chi connectivity index (χ0n) is 8.50. The van der Waals surface area contributed by atoms with Gasteiger partial charge in [0.15, 0.2) is 0 Å². The number of benzene rings is 1. The van der Waals surface area contributed by atoms with E-state index in [9.17, 15) is 14.9 Å². The third-order valence-corrected chi connectivity index (χ3v) is 2.18. The fourth-order valence-corrected chi connectivity index (χ4v) is 1.27. The highest BCUT2D eigenvalue weighted by Crippen LogP contribution is 2.14. The summed E-state index contributed by atoms with van der Waals surface area (Å²) in [6.45, 7) is 0. The van der Waals surface area contributed by atoms with Gasteiger partial charge < -0.3 is 10.8 Å². The lowest BCUT2D eigenvalue weighted by molar-refractivity contribution is -0.384. The highest BCUT2D eigenvalue weighted by atomic mass is 16.6. The number of hydrogen-bond donors (Lipinski definition) is 2. The third kappa shape index (κ3) is 3.32. The smallest absolute Gasteiger partial charge is 0.320 e. The normalized spacial score (nSPS) is 12.1. The number of carbonyl (C=O) groups is 1. The lowest BCUT2D eigenvalue weighted by Gasteiger charge is -2.05. The summed E-state index contributed by atoms with van der Waals surface area (Å²) in [5.74, 6) is -1.06. The van der Waals surface area contributed by atoms with Crippen molar-refractivity contribution in [2.24, 2.45) is 5.73 Å². The van der Waals surface area contributed by atoms with Crippen molar-refractivity contribution in [2.45, 2.75) is 18.9 Å². The SMILES string of the molecule is NC(CCc1cccc([N+](=O)[O-])c1)C(=O)O. The molecular weight excluding hydrogens is 212 g/mol. The number of hydrogen-bond acceptors (Lipinski definition) is 4. The second-order valence-electron chi connectivity index (χ2n) is 3.41. The molecule has 0 radical (unpaired) electrons. The molecule has 6 heteroatoms. The van der Waals surface area contributed by atoms with Crippen molar-refractivity contribution in [3.63, 3.8) is 0 Å². The van der Waals surface area contributed by atoms with E-state index in [1.165, 1.54) is 12.1 Å². The molecule has 0 aromatic heterocycles. The Morgan fingerprint density at radius 2 is 2.25 bits per heavy atom. The van der Waals surface area contributed by atoms with Crippen molar-refractivity contribution in [3.8, 4) is 0 Å². The van der Waals surface area contributed by atoms with E-state index in [1.54, 1.807) is 12.1 Å². The van der Waals surface area contributed by atoms with Crippen LogP contribution in [0.4, 0.5) is 5.69 Å². The van der Waals surface area contributed by atoms with Crippen molar-refractivity contribution < 1.29 is 14.8 Å². The summed E-state index contributed by atoms with van der Waals surface area (Å²) >= 11 is 0. The van der Waals surface area contributed by atoms with Gasteiger partial charge in [0.05, 0.1) is 4.92 Å². The van der Waals surface area contributed by atoms with Gasteiger partial charge in [0.25, 0.3) is 5.69 Å². The molecule has 1 atom stereocenters. The van der Waals surface area contributed by atoms with Gasteiger partial charge in [-0.15, -0.1) is 0 Å². The molecule has 0 heterocycles. The maximum Gasteiger partial charge on any atom is 0.320 e. The Hall–Kier alpha value is -1.95. The van der Waals surface area contributed by atoms with Gasteiger partial charge in [0.1, 0.15) is 6.04 Å². The van der Waals surface area contributed by atoms with Gasteiger partial charge in [-0.3, -0.25) is 14.9 Å². The summed E-state index contributed by atoms with van der Waals surface area (Å²) in [5, 5.41) is 19.1. The Bertz CT molecular complexity index is 406. The molecule has 6 nitrogen and oxygen atoms in total. The number of non-ortho nitro benzene ring substituents is 1. The minimum absolute atomic E-state index is 0.00129. The summed E-state index contributed by atoms with van der Waals surface area (Å²) in [7, 11) is 0. The highest BCUT2D eigenvalue weighted by Gasteiger charge is 2.12. The molecule has 0 aliphatic heterocycles. The molecule has 0 aliphatic rings. The van der Waals surface area contributed by atoms with Crippen LogP contribution in [0, 0.1) is 10.1 Å². The number of rotatable bonds is 5. The number of carboxylic acids is 1. The molecule has 0 fully saturated rings. The Labute approximate surface area is 91.8 Å². The molecule has 0 saturated carbocycles. The van der Waals surface area contributed by atoms with Crippen LogP contribution in [-0.4, -0.2) is 22.0 Å². The van der Waals surface area contributed by atoms with Gasteiger partial charge in [0, 0.05) is 12.1 Å². The minimum Gasteiger partial charge on any atom is -0.480 e. The number of aryl methyl sites for hydroxylation is 1. The van der Waals surface area contributed by atoms with Crippen LogP contribution in [0.3, 0.4) is 0 Å². The van der Waals surface area contributed by atoms with Gasteiger partial charge in [0.2, 0.25) is 0 Å². The lowest BCUT2D eigenvalue weighted by Crippen LogP contribution is -2.30. The van der Waals surface area contributed by atoms with Gasteiger partial charge in [-0.1, -0.05) is 12.1 Å². The van der Waals surface area contributed by atoms with Crippen LogP contribution in [0.25, 0.3) is 0 Å². The van der Waals surface area contributed by atoms with E-state index in [-0.39, 0.29) is 12.1 Å². The summed E-state index contributed by atoms with van der Waals surface area (Å²) in [6.07, 6.45) is 0.672. The molecule has 0 spiro atoms. The van der Waals surface area contributed by atoms with E-state index in [1.807, 2.05) is 0 Å².